The molecule has 0 fully saturated rings. The molecule has 28 nitrogen and oxygen atoms in total. The van der Waals surface area contributed by atoms with E-state index in [1.165, 1.54) is 41.6 Å². The van der Waals surface area contributed by atoms with Crippen LogP contribution in [0.25, 0.3) is 63.5 Å². The quantitative estimate of drug-likeness (QED) is 0.0354. The van der Waals surface area contributed by atoms with Gasteiger partial charge in [0.05, 0.1) is 115 Å². The molecule has 28 heteroatoms. The molecule has 130 heavy (non-hydrogen) atoms. The molecule has 0 atom stereocenters. The number of aryl methyl sites for hydroxylation is 4. The summed E-state index contributed by atoms with van der Waals surface area (Å²) in [5.74, 6) is 4.05. The summed E-state index contributed by atoms with van der Waals surface area (Å²) in [5.41, 5.74) is 20.0. The normalized spacial score (nSPS) is 12.3. The van der Waals surface area contributed by atoms with Gasteiger partial charge in [-0.05, 0) is 194 Å². The van der Waals surface area contributed by atoms with Gasteiger partial charge >= 0.3 is 6.09 Å². The van der Waals surface area contributed by atoms with E-state index in [2.05, 4.69) is 147 Å². The van der Waals surface area contributed by atoms with E-state index in [4.69, 9.17) is 42.6 Å². The van der Waals surface area contributed by atoms with E-state index in [1.54, 1.807) is 98.5 Å². The van der Waals surface area contributed by atoms with Gasteiger partial charge in [-0.25, -0.2) is 9.78 Å². The van der Waals surface area contributed by atoms with Crippen LogP contribution < -0.4 is 33.2 Å². The minimum Gasteiger partial charge on any atom is -0.494 e. The van der Waals surface area contributed by atoms with Crippen LogP contribution in [-0.4, -0.2) is 157 Å². The highest BCUT2D eigenvalue weighted by atomic mass is 16.6. The Morgan fingerprint density at radius 2 is 1.03 bits per heavy atom. The Bertz CT molecular complexity index is 6020. The van der Waals surface area contributed by atoms with Crippen LogP contribution in [0, 0.1) is 13.8 Å². The fourth-order valence-electron chi connectivity index (χ4n) is 14.4. The maximum atomic E-state index is 12.7. The number of nitrogens with zero attached hydrogens (tertiary/aromatic N) is 16. The van der Waals surface area contributed by atoms with E-state index >= 15 is 0 Å². The highest BCUT2D eigenvalue weighted by Crippen LogP contribution is 2.36. The van der Waals surface area contributed by atoms with Crippen LogP contribution in [0.4, 0.5) is 4.79 Å². The number of hydrogen-bond acceptors (Lipinski definition) is 23. The third-order valence-electron chi connectivity index (χ3n) is 20.9. The van der Waals surface area contributed by atoms with E-state index in [1.807, 2.05) is 150 Å². The fourth-order valence-corrected chi connectivity index (χ4v) is 14.4. The van der Waals surface area contributed by atoms with E-state index < -0.39 is 5.60 Å². The molecular weight excluding hydrogens is 1640 g/mol. The van der Waals surface area contributed by atoms with Gasteiger partial charge in [0.15, 0.2) is 12.6 Å². The van der Waals surface area contributed by atoms with Gasteiger partial charge in [0.25, 0.3) is 0 Å². The maximum Gasteiger partial charge on any atom is 0.410 e. The van der Waals surface area contributed by atoms with Gasteiger partial charge in [-0.3, -0.25) is 58.2 Å². The number of carbonyl (C=O) groups excluding carboxylic acids is 3. The van der Waals surface area contributed by atoms with Crippen LogP contribution >= 0.6 is 0 Å². The molecule has 2 aromatic carbocycles. The third-order valence-corrected chi connectivity index (χ3v) is 20.9. The third kappa shape index (κ3) is 25.3. The lowest BCUT2D eigenvalue weighted by Gasteiger charge is -2.33. The van der Waals surface area contributed by atoms with E-state index in [9.17, 15) is 14.4 Å². The van der Waals surface area contributed by atoms with Crippen molar-refractivity contribution in [1.82, 2.24) is 78.9 Å². The van der Waals surface area contributed by atoms with Crippen LogP contribution in [0.1, 0.15) is 170 Å². The largest absolute Gasteiger partial charge is 0.494 e. The van der Waals surface area contributed by atoms with E-state index in [0.29, 0.717) is 105 Å². The number of hydrogen-bond donors (Lipinski definition) is 0. The van der Waals surface area contributed by atoms with Crippen LogP contribution in [0.5, 0.6) is 40.4 Å². The summed E-state index contributed by atoms with van der Waals surface area (Å²) in [5, 5.41) is 17.5. The Hall–Kier alpha value is -14.8. The number of aromatic nitrogens is 15. The summed E-state index contributed by atoms with van der Waals surface area (Å²) in [7, 11) is 3.09. The van der Waals surface area contributed by atoms with Crippen molar-refractivity contribution in [2.75, 3.05) is 53.7 Å². The minimum atomic E-state index is -0.573. The van der Waals surface area contributed by atoms with E-state index in [-0.39, 0.29) is 24.8 Å². The summed E-state index contributed by atoms with van der Waals surface area (Å²) < 4.78 is 59.3. The molecule has 674 valence electrons. The van der Waals surface area contributed by atoms with Crippen molar-refractivity contribution in [3.8, 4) is 74.5 Å². The monoisotopic (exact) mass is 1750 g/mol. The molecule has 2 aliphatic heterocycles. The van der Waals surface area contributed by atoms with Crippen molar-refractivity contribution in [3.63, 3.8) is 0 Å². The van der Waals surface area contributed by atoms with Crippen molar-refractivity contribution in [2.24, 2.45) is 0 Å². The smallest absolute Gasteiger partial charge is 0.410 e. The first-order chi connectivity index (χ1) is 63.1. The lowest BCUT2D eigenvalue weighted by atomic mass is 9.97. The molecule has 15 rings (SSSR count). The molecule has 0 bridgehead atoms. The number of methoxy groups -OCH3 is 2. The summed E-state index contributed by atoms with van der Waals surface area (Å²) in [6.07, 6.45) is 31.1. The molecule has 11 aromatic heterocycles. The zero-order valence-corrected chi connectivity index (χ0v) is 76.2. The predicted octanol–water partition coefficient (Wildman–Crippen LogP) is 20.2. The second kappa shape index (κ2) is 47.7. The Balaban J connectivity index is 0.000000158. The number of rotatable bonds is 32. The van der Waals surface area contributed by atoms with Crippen LogP contribution in [0.3, 0.4) is 0 Å². The molecule has 13 heterocycles. The highest BCUT2D eigenvalue weighted by Gasteiger charge is 2.31. The average molecular weight is 1760 g/mol. The number of amides is 1. The highest BCUT2D eigenvalue weighted by molar-refractivity contribution is 5.82. The number of aldehydes is 2. The number of benzene rings is 2. The second-order valence-electron chi connectivity index (χ2n) is 31.6. The van der Waals surface area contributed by atoms with Crippen LogP contribution in [-0.2, 0) is 42.4 Å². The molecule has 0 radical (unpaired) electrons. The molecule has 1 amide bonds. The van der Waals surface area contributed by atoms with Gasteiger partial charge in [-0.2, -0.15) is 20.4 Å². The minimum absolute atomic E-state index is 0.147. The van der Waals surface area contributed by atoms with Crippen LogP contribution in [0.2, 0.25) is 0 Å². The van der Waals surface area contributed by atoms with Gasteiger partial charge in [-0.15, -0.1) is 0 Å². The van der Waals surface area contributed by atoms with Gasteiger partial charge in [0.2, 0.25) is 5.88 Å². The Morgan fingerprint density at radius 3 is 1.62 bits per heavy atom. The van der Waals surface area contributed by atoms with Crippen molar-refractivity contribution in [1.29, 1.82) is 0 Å². The van der Waals surface area contributed by atoms with Gasteiger partial charge in [-0.1, -0.05) is 99.5 Å². The number of pyridine rings is 7. The first-order valence-corrected chi connectivity index (χ1v) is 43.1. The second-order valence-corrected chi connectivity index (χ2v) is 31.6. The van der Waals surface area contributed by atoms with Crippen molar-refractivity contribution >= 4 is 48.0 Å². The number of carbonyl (C=O) groups is 3. The molecule has 13 aromatic rings. The maximum absolute atomic E-state index is 12.7. The zero-order valence-electron chi connectivity index (χ0n) is 76.2. The number of ether oxygens (including phenoxy) is 9. The predicted molar refractivity (Wildman–Crippen MR) is 504 cm³/mol. The van der Waals surface area contributed by atoms with Crippen molar-refractivity contribution in [3.05, 3.63) is 306 Å². The zero-order chi connectivity index (χ0) is 92.5. The topological polar surface area (TPSA) is 299 Å². The lowest BCUT2D eigenvalue weighted by Crippen LogP contribution is -2.41. The Morgan fingerprint density at radius 1 is 0.492 bits per heavy atom. The standard InChI is InChI=1S/C24H32N4O5.C21H22O2.2C19H20N4O2.C19H20N4O/c1-16(2)28-20(7-9-26-28)19-13-27(23(30)33-24(3,4)5)10-8-17(19)15-32-21-12-25-22(31-6)11-18(21)14-29;1-3-19-16(2)8-7-11-21(19)23-14-18-12-13-22-15-20(18)17-9-5-4-6-10-17;1-13(2)23-17(6-8-22-23)19-15(5-4-7-21-19)12-25-18-10-20-9-14(3)16(18)11-24;1-4-15-17(24-3)11-20-12-18(15)25-13-14-7-6-9-21-19(14)16-8-10-22-23(16)5-2;1-3-13-23-17(9-12-22-23)19-15(7-5-11-21-19)14-24-18-8-6-10-20-16(18)4-2/h7,9,11-12,14,16H,8,10,13,15H2,1-6H3;3-11H,1,12-15H2,2H3;4-11,13H,12H2,1-3H3;4,6-12H,1,5,13H2,2-3H3;4-12H,2-3,13-14H2,1H3. The van der Waals surface area contributed by atoms with Gasteiger partial charge < -0.3 is 47.5 Å². The summed E-state index contributed by atoms with van der Waals surface area (Å²) in [6.45, 7) is 39.3. The first kappa shape index (κ1) is 95.8. The lowest BCUT2D eigenvalue weighted by molar-refractivity contribution is 0.0268. The van der Waals surface area contributed by atoms with Crippen molar-refractivity contribution < 1.29 is 57.0 Å². The molecule has 0 unspecified atom stereocenters. The molecule has 0 saturated heterocycles. The average Bonchev–Trinajstić information content (AvgIpc) is 1.56. The SMILES string of the molecule is C=Cc1c(C)cccc1OCC1=C(c2ccccc2)COCC1.C=Cc1c(OC)cncc1OCc1cccnc1-c1ccnn1CC.C=Cc1ncccc1OCc1cccnc1-c1ccnn1CCC.COc1cc(C=O)c(OCC2=C(c3ccnn3C(C)C)CN(C(=O)OC(C)(C)C)CC2)cn1.Cc1cncc(OCc2cccnc2-c2ccnn2C(C)C)c1C=O. The first-order valence-electron chi connectivity index (χ1n) is 43.1. The molecule has 0 aliphatic carbocycles. The van der Waals surface area contributed by atoms with Crippen molar-refractivity contribution in [2.45, 2.75) is 146 Å². The summed E-state index contributed by atoms with van der Waals surface area (Å²) in [4.78, 5) is 67.5. The van der Waals surface area contributed by atoms with E-state index in [0.717, 1.165) is 135 Å². The Kier molecular flexibility index (Phi) is 35.1. The Labute approximate surface area is 760 Å². The fraction of sp³-hybridized carbons (Fsp3) is 0.294. The van der Waals surface area contributed by atoms with Crippen LogP contribution in [0.15, 0.2) is 239 Å². The molecule has 0 spiro atoms. The molecular formula is C102H114N16O12. The van der Waals surface area contributed by atoms with Gasteiger partial charge in [0.1, 0.15) is 78.8 Å². The summed E-state index contributed by atoms with van der Waals surface area (Å²) >= 11 is 0. The van der Waals surface area contributed by atoms with Gasteiger partial charge in [0, 0.05) is 116 Å². The molecule has 0 N–H and O–H groups in total. The molecule has 0 saturated carbocycles. The summed E-state index contributed by atoms with van der Waals surface area (Å²) in [6, 6.07) is 41.7. The molecule has 2 aliphatic rings.